The van der Waals surface area contributed by atoms with E-state index in [1.54, 1.807) is 0 Å². The second kappa shape index (κ2) is 6.92. The van der Waals surface area contributed by atoms with Crippen LogP contribution in [0.4, 0.5) is 5.69 Å². The van der Waals surface area contributed by atoms with E-state index in [-0.39, 0.29) is 0 Å². The predicted octanol–water partition coefficient (Wildman–Crippen LogP) is 5.35. The van der Waals surface area contributed by atoms with Gasteiger partial charge in [0.1, 0.15) is 6.67 Å². The minimum absolute atomic E-state index is 0.763. The highest BCUT2D eigenvalue weighted by Gasteiger charge is 2.25. The molecule has 0 unspecified atom stereocenters. The zero-order valence-corrected chi connectivity index (χ0v) is 16.4. The first-order valence-corrected chi connectivity index (χ1v) is 9.34. The number of nitrogens with zero attached hydrogens (tertiary/aromatic N) is 3. The third-order valence-corrected chi connectivity index (χ3v) is 5.18. The molecule has 3 nitrogen and oxygen atoms in total. The molecule has 0 bridgehead atoms. The molecule has 136 valence electrons. The Morgan fingerprint density at radius 1 is 0.741 bits per heavy atom. The van der Waals surface area contributed by atoms with E-state index in [1.165, 1.54) is 33.4 Å². The van der Waals surface area contributed by atoms with Gasteiger partial charge in [-0.2, -0.15) is 5.10 Å². The number of hydrazone groups is 1. The lowest BCUT2D eigenvalue weighted by Crippen LogP contribution is -2.28. The van der Waals surface area contributed by atoms with Crippen LogP contribution in [0, 0.1) is 20.8 Å². The Balaban J connectivity index is 1.75. The quantitative estimate of drug-likeness (QED) is 0.631. The van der Waals surface area contributed by atoms with Crippen molar-refractivity contribution in [1.29, 1.82) is 0 Å². The van der Waals surface area contributed by atoms with Crippen LogP contribution in [0.15, 0.2) is 71.8 Å². The van der Waals surface area contributed by atoms with Crippen LogP contribution in [0.5, 0.6) is 0 Å². The molecule has 3 aromatic carbocycles. The summed E-state index contributed by atoms with van der Waals surface area (Å²) in [6, 6.07) is 23.5. The molecule has 3 heteroatoms. The first kappa shape index (κ1) is 17.3. The van der Waals surface area contributed by atoms with Gasteiger partial charge in [-0.3, -0.25) is 0 Å². The maximum absolute atomic E-state index is 4.97. The second-order valence-electron chi connectivity index (χ2n) is 7.30. The van der Waals surface area contributed by atoms with Gasteiger partial charge in [0, 0.05) is 12.6 Å². The zero-order chi connectivity index (χ0) is 19.0. The standard InChI is InChI=1S/C24H25N3/c1-17-10-8-9-13-22(17)27-16-26(4)24(25-27)23-18(2)14-21(15-19(23)3)20-11-6-5-7-12-20/h5-15H,16H2,1-4H3. The number of para-hydroxylation sites is 1. The first-order chi connectivity index (χ1) is 13.0. The first-order valence-electron chi connectivity index (χ1n) is 9.34. The van der Waals surface area contributed by atoms with Gasteiger partial charge in [0.25, 0.3) is 0 Å². The average Bonchev–Trinajstić information content (AvgIpc) is 3.03. The molecule has 0 atom stereocenters. The van der Waals surface area contributed by atoms with Crippen LogP contribution in [-0.2, 0) is 0 Å². The fourth-order valence-electron chi connectivity index (χ4n) is 3.83. The molecule has 1 aliphatic heterocycles. The lowest BCUT2D eigenvalue weighted by Gasteiger charge is -2.19. The summed E-state index contributed by atoms with van der Waals surface area (Å²) in [5, 5.41) is 7.06. The van der Waals surface area contributed by atoms with Crippen LogP contribution in [0.3, 0.4) is 0 Å². The molecule has 4 rings (SSSR count). The molecule has 0 N–H and O–H groups in total. The van der Waals surface area contributed by atoms with Gasteiger partial charge in [-0.15, -0.1) is 0 Å². The largest absolute Gasteiger partial charge is 0.338 e. The van der Waals surface area contributed by atoms with Crippen molar-refractivity contribution < 1.29 is 0 Å². The highest BCUT2D eigenvalue weighted by Crippen LogP contribution is 2.29. The van der Waals surface area contributed by atoms with Crippen LogP contribution < -0.4 is 5.01 Å². The Morgan fingerprint density at radius 2 is 1.37 bits per heavy atom. The number of anilines is 1. The van der Waals surface area contributed by atoms with Gasteiger partial charge in [-0.1, -0.05) is 60.7 Å². The number of aryl methyl sites for hydroxylation is 3. The number of hydrogen-bond acceptors (Lipinski definition) is 3. The van der Waals surface area contributed by atoms with Crippen LogP contribution in [-0.4, -0.2) is 24.5 Å². The molecule has 0 amide bonds. The van der Waals surface area contributed by atoms with Gasteiger partial charge in [0.2, 0.25) is 0 Å². The lowest BCUT2D eigenvalue weighted by molar-refractivity contribution is 0.538. The zero-order valence-electron chi connectivity index (χ0n) is 16.4. The van der Waals surface area contributed by atoms with Gasteiger partial charge < -0.3 is 4.90 Å². The van der Waals surface area contributed by atoms with Crippen LogP contribution in [0.2, 0.25) is 0 Å². The smallest absolute Gasteiger partial charge is 0.158 e. The molecule has 0 fully saturated rings. The van der Waals surface area contributed by atoms with Crippen molar-refractivity contribution in [1.82, 2.24) is 4.90 Å². The molecule has 27 heavy (non-hydrogen) atoms. The highest BCUT2D eigenvalue weighted by molar-refractivity contribution is 6.03. The lowest BCUT2D eigenvalue weighted by atomic mass is 9.95. The van der Waals surface area contributed by atoms with Crippen LogP contribution in [0.25, 0.3) is 11.1 Å². The van der Waals surface area contributed by atoms with Crippen molar-refractivity contribution in [3.05, 3.63) is 89.0 Å². The van der Waals surface area contributed by atoms with Gasteiger partial charge in [0.05, 0.1) is 5.69 Å². The topological polar surface area (TPSA) is 18.8 Å². The van der Waals surface area contributed by atoms with E-state index in [1.807, 2.05) is 0 Å². The molecule has 0 radical (unpaired) electrons. The molecular formula is C24H25N3. The van der Waals surface area contributed by atoms with Crippen LogP contribution in [0.1, 0.15) is 22.3 Å². The number of amidine groups is 1. The Hall–Kier alpha value is -3.07. The minimum Gasteiger partial charge on any atom is -0.338 e. The third kappa shape index (κ3) is 3.21. The summed E-state index contributed by atoms with van der Waals surface area (Å²) < 4.78 is 0. The Bertz CT molecular complexity index is 982. The monoisotopic (exact) mass is 355 g/mol. The van der Waals surface area contributed by atoms with E-state index >= 15 is 0 Å². The van der Waals surface area contributed by atoms with E-state index in [0.717, 1.165) is 18.2 Å². The minimum atomic E-state index is 0.763. The van der Waals surface area contributed by atoms with Crippen molar-refractivity contribution in [2.75, 3.05) is 18.7 Å². The molecule has 0 aromatic heterocycles. The molecule has 0 spiro atoms. The van der Waals surface area contributed by atoms with E-state index in [2.05, 4.69) is 104 Å². The highest BCUT2D eigenvalue weighted by atomic mass is 15.6. The van der Waals surface area contributed by atoms with E-state index < -0.39 is 0 Å². The molecule has 0 saturated heterocycles. The van der Waals surface area contributed by atoms with Crippen molar-refractivity contribution >= 4 is 11.5 Å². The van der Waals surface area contributed by atoms with E-state index in [0.29, 0.717) is 0 Å². The Morgan fingerprint density at radius 3 is 2.04 bits per heavy atom. The van der Waals surface area contributed by atoms with Crippen molar-refractivity contribution in [3.63, 3.8) is 0 Å². The van der Waals surface area contributed by atoms with Gasteiger partial charge in [0.15, 0.2) is 5.84 Å². The normalized spacial score (nSPS) is 13.9. The number of rotatable bonds is 3. The van der Waals surface area contributed by atoms with Gasteiger partial charge in [-0.25, -0.2) is 5.01 Å². The van der Waals surface area contributed by atoms with Crippen molar-refractivity contribution in [2.45, 2.75) is 20.8 Å². The van der Waals surface area contributed by atoms with Crippen LogP contribution >= 0.6 is 0 Å². The molecule has 0 aliphatic carbocycles. The predicted molar refractivity (Wildman–Crippen MR) is 114 cm³/mol. The SMILES string of the molecule is Cc1ccccc1N1CN(C)C(c2c(C)cc(-c3ccccc3)cc2C)=N1. The average molecular weight is 355 g/mol. The Labute approximate surface area is 161 Å². The van der Waals surface area contributed by atoms with Crippen molar-refractivity contribution in [2.24, 2.45) is 5.10 Å². The molecule has 1 heterocycles. The number of benzene rings is 3. The van der Waals surface area contributed by atoms with E-state index in [9.17, 15) is 0 Å². The second-order valence-corrected chi connectivity index (χ2v) is 7.30. The fourth-order valence-corrected chi connectivity index (χ4v) is 3.83. The number of hydrogen-bond donors (Lipinski definition) is 0. The van der Waals surface area contributed by atoms with Gasteiger partial charge >= 0.3 is 0 Å². The summed E-state index contributed by atoms with van der Waals surface area (Å²) in [4.78, 5) is 2.23. The summed E-state index contributed by atoms with van der Waals surface area (Å²) in [5.74, 6) is 1.04. The summed E-state index contributed by atoms with van der Waals surface area (Å²) in [7, 11) is 2.11. The molecule has 3 aromatic rings. The molecule has 0 saturated carbocycles. The maximum Gasteiger partial charge on any atom is 0.158 e. The summed E-state index contributed by atoms with van der Waals surface area (Å²) in [6.07, 6.45) is 0. The van der Waals surface area contributed by atoms with Gasteiger partial charge in [-0.05, 0) is 54.7 Å². The summed E-state index contributed by atoms with van der Waals surface area (Å²) in [5.41, 5.74) is 8.65. The Kier molecular flexibility index (Phi) is 4.44. The molecule has 1 aliphatic rings. The molecular weight excluding hydrogens is 330 g/mol. The third-order valence-electron chi connectivity index (χ3n) is 5.18. The van der Waals surface area contributed by atoms with E-state index in [4.69, 9.17) is 5.10 Å². The summed E-state index contributed by atoms with van der Waals surface area (Å²) >= 11 is 0. The fraction of sp³-hybridized carbons (Fsp3) is 0.208. The summed E-state index contributed by atoms with van der Waals surface area (Å²) in [6.45, 7) is 7.26. The maximum atomic E-state index is 4.97. The van der Waals surface area contributed by atoms with Crippen molar-refractivity contribution in [3.8, 4) is 11.1 Å².